The van der Waals surface area contributed by atoms with Crippen LogP contribution in [0.5, 0.6) is 0 Å². The molecule has 0 aliphatic carbocycles. The van der Waals surface area contributed by atoms with Gasteiger partial charge in [0.05, 0.1) is 0 Å². The average molecular weight is 327 g/mol. The SMILES string of the molecule is Cc1onc(NC(=O)c2nccnc2C(=O)O)c1Br. The van der Waals surface area contributed by atoms with Crippen LogP contribution in [0.2, 0.25) is 0 Å². The lowest BCUT2D eigenvalue weighted by atomic mass is 10.3. The summed E-state index contributed by atoms with van der Waals surface area (Å²) in [6.07, 6.45) is 2.42. The molecule has 8 nitrogen and oxygen atoms in total. The number of rotatable bonds is 3. The number of halogens is 1. The Hall–Kier alpha value is -2.29. The van der Waals surface area contributed by atoms with Gasteiger partial charge < -0.3 is 14.9 Å². The number of aromatic nitrogens is 3. The van der Waals surface area contributed by atoms with Crippen molar-refractivity contribution in [1.82, 2.24) is 15.1 Å². The predicted molar refractivity (Wildman–Crippen MR) is 65.9 cm³/mol. The molecule has 2 N–H and O–H groups in total. The standard InChI is InChI=1S/C10H7BrN4O4/c1-4-5(11)8(15-19-4)14-9(16)6-7(10(17)18)13-3-2-12-6/h2-3H,1H3,(H,17,18)(H,14,15,16). The second-order valence-corrected chi connectivity index (χ2v) is 4.21. The number of nitrogens with zero attached hydrogens (tertiary/aromatic N) is 3. The van der Waals surface area contributed by atoms with E-state index in [0.717, 1.165) is 0 Å². The second kappa shape index (κ2) is 5.14. The summed E-state index contributed by atoms with van der Waals surface area (Å²) in [7, 11) is 0. The Kier molecular flexibility index (Phi) is 3.56. The van der Waals surface area contributed by atoms with Gasteiger partial charge in [0, 0.05) is 12.4 Å². The van der Waals surface area contributed by atoms with Crippen molar-refractivity contribution in [2.24, 2.45) is 0 Å². The molecule has 0 radical (unpaired) electrons. The molecular weight excluding hydrogens is 320 g/mol. The highest BCUT2D eigenvalue weighted by atomic mass is 79.9. The number of anilines is 1. The van der Waals surface area contributed by atoms with E-state index in [1.807, 2.05) is 0 Å². The van der Waals surface area contributed by atoms with Crippen LogP contribution in [0.4, 0.5) is 5.82 Å². The topological polar surface area (TPSA) is 118 Å². The molecule has 19 heavy (non-hydrogen) atoms. The average Bonchev–Trinajstić information content (AvgIpc) is 2.70. The van der Waals surface area contributed by atoms with Crippen LogP contribution in [0, 0.1) is 6.92 Å². The third-order valence-electron chi connectivity index (χ3n) is 2.14. The lowest BCUT2D eigenvalue weighted by molar-refractivity contribution is 0.0685. The molecule has 0 bridgehead atoms. The summed E-state index contributed by atoms with van der Waals surface area (Å²) in [6.45, 7) is 1.65. The number of carboxylic acids is 1. The molecule has 0 saturated heterocycles. The number of amides is 1. The summed E-state index contributed by atoms with van der Waals surface area (Å²) in [4.78, 5) is 30.1. The van der Waals surface area contributed by atoms with Gasteiger partial charge in [-0.2, -0.15) is 0 Å². The highest BCUT2D eigenvalue weighted by molar-refractivity contribution is 9.10. The van der Waals surface area contributed by atoms with Crippen molar-refractivity contribution >= 4 is 33.6 Å². The van der Waals surface area contributed by atoms with Gasteiger partial charge in [-0.3, -0.25) is 4.79 Å². The monoisotopic (exact) mass is 326 g/mol. The first-order valence-electron chi connectivity index (χ1n) is 4.98. The molecule has 0 aliphatic rings. The molecule has 0 aliphatic heterocycles. The third-order valence-corrected chi connectivity index (χ3v) is 3.07. The van der Waals surface area contributed by atoms with E-state index in [1.54, 1.807) is 6.92 Å². The smallest absolute Gasteiger partial charge is 0.356 e. The Labute approximate surface area is 115 Å². The maximum absolute atomic E-state index is 11.9. The zero-order chi connectivity index (χ0) is 14.0. The fraction of sp³-hybridized carbons (Fsp3) is 0.100. The van der Waals surface area contributed by atoms with Gasteiger partial charge in [0.25, 0.3) is 5.91 Å². The van der Waals surface area contributed by atoms with Gasteiger partial charge in [-0.05, 0) is 22.9 Å². The zero-order valence-corrected chi connectivity index (χ0v) is 11.1. The van der Waals surface area contributed by atoms with Gasteiger partial charge in [-0.25, -0.2) is 14.8 Å². The summed E-state index contributed by atoms with van der Waals surface area (Å²) in [6, 6.07) is 0. The van der Waals surface area contributed by atoms with E-state index >= 15 is 0 Å². The van der Waals surface area contributed by atoms with Gasteiger partial charge in [0.15, 0.2) is 17.2 Å². The van der Waals surface area contributed by atoms with Crippen LogP contribution in [0.25, 0.3) is 0 Å². The second-order valence-electron chi connectivity index (χ2n) is 3.41. The molecule has 0 fully saturated rings. The molecule has 2 aromatic rings. The molecule has 0 unspecified atom stereocenters. The fourth-order valence-corrected chi connectivity index (χ4v) is 1.51. The Bertz CT molecular complexity index is 655. The van der Waals surface area contributed by atoms with Crippen molar-refractivity contribution in [3.8, 4) is 0 Å². The van der Waals surface area contributed by atoms with E-state index in [-0.39, 0.29) is 11.5 Å². The van der Waals surface area contributed by atoms with Crippen molar-refractivity contribution in [3.05, 3.63) is 34.0 Å². The van der Waals surface area contributed by atoms with Crippen LogP contribution in [0.1, 0.15) is 26.7 Å². The molecular formula is C10H7BrN4O4. The molecule has 2 rings (SSSR count). The maximum atomic E-state index is 11.9. The quantitative estimate of drug-likeness (QED) is 0.876. The van der Waals surface area contributed by atoms with Crippen molar-refractivity contribution < 1.29 is 19.2 Å². The largest absolute Gasteiger partial charge is 0.476 e. The summed E-state index contributed by atoms with van der Waals surface area (Å²) >= 11 is 3.18. The van der Waals surface area contributed by atoms with E-state index < -0.39 is 17.6 Å². The number of hydrogen-bond acceptors (Lipinski definition) is 6. The maximum Gasteiger partial charge on any atom is 0.356 e. The molecule has 0 saturated carbocycles. The fourth-order valence-electron chi connectivity index (χ4n) is 1.27. The third kappa shape index (κ3) is 2.60. The van der Waals surface area contributed by atoms with Crippen LogP contribution in [0.3, 0.4) is 0 Å². The van der Waals surface area contributed by atoms with E-state index in [0.29, 0.717) is 10.2 Å². The number of aryl methyl sites for hydroxylation is 1. The van der Waals surface area contributed by atoms with Crippen molar-refractivity contribution in [3.63, 3.8) is 0 Å². The summed E-state index contributed by atoms with van der Waals surface area (Å²) < 4.78 is 5.32. The van der Waals surface area contributed by atoms with E-state index in [2.05, 4.69) is 36.4 Å². The predicted octanol–water partition coefficient (Wildman–Crippen LogP) is 1.49. The molecule has 2 aromatic heterocycles. The van der Waals surface area contributed by atoms with Crippen LogP contribution < -0.4 is 5.32 Å². The van der Waals surface area contributed by atoms with Crippen molar-refractivity contribution in [2.75, 3.05) is 5.32 Å². The Morgan fingerprint density at radius 1 is 1.32 bits per heavy atom. The Morgan fingerprint density at radius 2 is 1.95 bits per heavy atom. The molecule has 0 spiro atoms. The van der Waals surface area contributed by atoms with Gasteiger partial charge >= 0.3 is 5.97 Å². The Morgan fingerprint density at radius 3 is 2.47 bits per heavy atom. The van der Waals surface area contributed by atoms with Gasteiger partial charge in [0.2, 0.25) is 0 Å². The number of carboxylic acid groups (broad SMARTS) is 1. The normalized spacial score (nSPS) is 10.2. The number of nitrogens with one attached hydrogen (secondary N) is 1. The van der Waals surface area contributed by atoms with Gasteiger partial charge in [0.1, 0.15) is 10.2 Å². The van der Waals surface area contributed by atoms with E-state index in [4.69, 9.17) is 9.63 Å². The number of aromatic carboxylic acids is 1. The van der Waals surface area contributed by atoms with Crippen LogP contribution in [0.15, 0.2) is 21.4 Å². The Balaban J connectivity index is 2.31. The van der Waals surface area contributed by atoms with Crippen molar-refractivity contribution in [2.45, 2.75) is 6.92 Å². The lowest BCUT2D eigenvalue weighted by Crippen LogP contribution is -2.19. The molecule has 9 heteroatoms. The molecule has 0 aromatic carbocycles. The van der Waals surface area contributed by atoms with Crippen LogP contribution >= 0.6 is 15.9 Å². The first kappa shape index (κ1) is 13.1. The molecule has 98 valence electrons. The highest BCUT2D eigenvalue weighted by Crippen LogP contribution is 2.25. The number of carbonyl (C=O) groups is 2. The molecule has 0 atom stereocenters. The minimum atomic E-state index is -1.34. The first-order chi connectivity index (χ1) is 9.00. The van der Waals surface area contributed by atoms with E-state index in [9.17, 15) is 9.59 Å². The summed E-state index contributed by atoms with van der Waals surface area (Å²) in [5, 5.41) is 14.9. The molecule has 2 heterocycles. The lowest BCUT2D eigenvalue weighted by Gasteiger charge is -2.03. The van der Waals surface area contributed by atoms with Crippen LogP contribution in [-0.2, 0) is 0 Å². The van der Waals surface area contributed by atoms with Crippen molar-refractivity contribution in [1.29, 1.82) is 0 Å². The van der Waals surface area contributed by atoms with Crippen LogP contribution in [-0.4, -0.2) is 32.1 Å². The zero-order valence-electron chi connectivity index (χ0n) is 9.55. The number of hydrogen-bond donors (Lipinski definition) is 2. The van der Waals surface area contributed by atoms with Gasteiger partial charge in [-0.15, -0.1) is 0 Å². The van der Waals surface area contributed by atoms with E-state index in [1.165, 1.54) is 12.4 Å². The number of carbonyl (C=O) groups excluding carboxylic acids is 1. The highest BCUT2D eigenvalue weighted by Gasteiger charge is 2.21. The summed E-state index contributed by atoms with van der Waals surface area (Å²) in [5.41, 5.74) is -0.737. The van der Waals surface area contributed by atoms with Gasteiger partial charge in [-0.1, -0.05) is 5.16 Å². The minimum absolute atomic E-state index is 0.143. The summed E-state index contributed by atoms with van der Waals surface area (Å²) in [5.74, 6) is -1.45. The molecule has 1 amide bonds. The minimum Gasteiger partial charge on any atom is -0.476 e. The first-order valence-corrected chi connectivity index (χ1v) is 5.77.